The second-order valence-electron chi connectivity index (χ2n) is 4.18. The van der Waals surface area contributed by atoms with Gasteiger partial charge in [0.1, 0.15) is 0 Å². The third kappa shape index (κ3) is 3.53. The van der Waals surface area contributed by atoms with Gasteiger partial charge in [0.05, 0.1) is 6.26 Å². The van der Waals surface area contributed by atoms with Gasteiger partial charge in [-0.1, -0.05) is 33.6 Å². The van der Waals surface area contributed by atoms with Crippen LogP contribution in [-0.4, -0.2) is 6.54 Å². The van der Waals surface area contributed by atoms with Gasteiger partial charge in [-0.3, -0.25) is 0 Å². The molecule has 1 heterocycles. The molecule has 1 unspecified atom stereocenters. The lowest BCUT2D eigenvalue weighted by atomic mass is 9.92. The van der Waals surface area contributed by atoms with Crippen LogP contribution in [0.1, 0.15) is 51.6 Å². The maximum atomic E-state index is 6.03. The Kier molecular flexibility index (Phi) is 5.93. The topological polar surface area (TPSA) is 25.2 Å². The lowest BCUT2D eigenvalue weighted by molar-refractivity contribution is 0.374. The summed E-state index contributed by atoms with van der Waals surface area (Å²) in [7, 11) is 0. The van der Waals surface area contributed by atoms with Gasteiger partial charge in [0, 0.05) is 11.6 Å². The molecule has 0 saturated heterocycles. The monoisotopic (exact) mass is 243 g/mol. The average molecular weight is 244 g/mol. The summed E-state index contributed by atoms with van der Waals surface area (Å²) in [5.74, 6) is 0.745. The predicted molar refractivity (Wildman–Crippen MR) is 68.8 cm³/mol. The number of nitrogens with one attached hydrogen (secondary N) is 1. The van der Waals surface area contributed by atoms with E-state index in [2.05, 4.69) is 26.1 Å². The van der Waals surface area contributed by atoms with E-state index < -0.39 is 0 Å². The molecule has 0 radical (unpaired) electrons. The molecule has 0 saturated carbocycles. The van der Waals surface area contributed by atoms with E-state index in [0.717, 1.165) is 24.4 Å². The second-order valence-corrected chi connectivity index (χ2v) is 4.52. The second kappa shape index (κ2) is 6.97. The molecule has 0 aromatic carbocycles. The van der Waals surface area contributed by atoms with E-state index in [4.69, 9.17) is 16.0 Å². The zero-order chi connectivity index (χ0) is 12.0. The van der Waals surface area contributed by atoms with Gasteiger partial charge in [-0.2, -0.15) is 0 Å². The first-order valence-electron chi connectivity index (χ1n) is 6.19. The van der Waals surface area contributed by atoms with Crippen molar-refractivity contribution in [2.75, 3.05) is 6.54 Å². The Bertz CT molecular complexity index is 294. The molecule has 1 aromatic heterocycles. The van der Waals surface area contributed by atoms with Crippen molar-refractivity contribution in [1.82, 2.24) is 5.32 Å². The Morgan fingerprint density at radius 1 is 1.31 bits per heavy atom. The van der Waals surface area contributed by atoms with Gasteiger partial charge in [0.25, 0.3) is 0 Å². The van der Waals surface area contributed by atoms with Crippen molar-refractivity contribution in [3.63, 3.8) is 0 Å². The summed E-state index contributed by atoms with van der Waals surface area (Å²) in [6.45, 7) is 7.56. The number of rotatable bonds is 7. The van der Waals surface area contributed by atoms with Crippen LogP contribution in [0.2, 0.25) is 5.22 Å². The molecule has 0 bridgehead atoms. The zero-order valence-electron chi connectivity index (χ0n) is 10.4. The van der Waals surface area contributed by atoms with Gasteiger partial charge >= 0.3 is 0 Å². The Labute approximate surface area is 103 Å². The molecule has 3 heteroatoms. The SMILES string of the molecule is CCNC(CC(CC)CC)c1ccoc1Cl. The third-order valence-corrected chi connectivity index (χ3v) is 3.50. The number of hydrogen-bond acceptors (Lipinski definition) is 2. The minimum absolute atomic E-state index is 0.321. The summed E-state index contributed by atoms with van der Waals surface area (Å²) in [6.07, 6.45) is 5.22. The molecule has 1 rings (SSSR count). The van der Waals surface area contributed by atoms with Gasteiger partial charge in [-0.25, -0.2) is 0 Å². The molecule has 0 aliphatic rings. The van der Waals surface area contributed by atoms with E-state index in [1.54, 1.807) is 6.26 Å². The molecule has 1 N–H and O–H groups in total. The molecule has 1 aromatic rings. The van der Waals surface area contributed by atoms with Crippen molar-refractivity contribution in [2.24, 2.45) is 5.92 Å². The molecule has 92 valence electrons. The first kappa shape index (κ1) is 13.6. The first-order chi connectivity index (χ1) is 7.72. The molecule has 2 nitrogen and oxygen atoms in total. The zero-order valence-corrected chi connectivity index (χ0v) is 11.2. The largest absolute Gasteiger partial charge is 0.453 e. The number of furan rings is 1. The minimum atomic E-state index is 0.321. The molecular formula is C13H22ClNO. The van der Waals surface area contributed by atoms with Crippen LogP contribution >= 0.6 is 11.6 Å². The maximum absolute atomic E-state index is 6.03. The van der Waals surface area contributed by atoms with E-state index in [1.165, 1.54) is 12.8 Å². The first-order valence-corrected chi connectivity index (χ1v) is 6.56. The van der Waals surface area contributed by atoms with E-state index in [-0.39, 0.29) is 0 Å². The number of hydrogen-bond donors (Lipinski definition) is 1. The Hall–Kier alpha value is -0.470. The lowest BCUT2D eigenvalue weighted by Crippen LogP contribution is -2.23. The van der Waals surface area contributed by atoms with Gasteiger partial charge in [-0.15, -0.1) is 0 Å². The van der Waals surface area contributed by atoms with E-state index in [1.807, 2.05) is 6.07 Å². The minimum Gasteiger partial charge on any atom is -0.453 e. The Morgan fingerprint density at radius 2 is 2.00 bits per heavy atom. The summed E-state index contributed by atoms with van der Waals surface area (Å²) in [6, 6.07) is 2.29. The quantitative estimate of drug-likeness (QED) is 0.768. The van der Waals surface area contributed by atoms with Crippen molar-refractivity contribution in [1.29, 1.82) is 0 Å². The van der Waals surface area contributed by atoms with Crippen molar-refractivity contribution >= 4 is 11.6 Å². The van der Waals surface area contributed by atoms with Gasteiger partial charge in [0.2, 0.25) is 0 Å². The summed E-state index contributed by atoms with van der Waals surface area (Å²) in [4.78, 5) is 0. The third-order valence-electron chi connectivity index (χ3n) is 3.20. The highest BCUT2D eigenvalue weighted by atomic mass is 35.5. The fraction of sp³-hybridized carbons (Fsp3) is 0.692. The van der Waals surface area contributed by atoms with Crippen LogP contribution in [0.15, 0.2) is 16.7 Å². The Balaban J connectivity index is 2.71. The van der Waals surface area contributed by atoms with Crippen LogP contribution in [0.5, 0.6) is 0 Å². The molecule has 0 aliphatic carbocycles. The van der Waals surface area contributed by atoms with Crippen LogP contribution in [0, 0.1) is 5.92 Å². The Morgan fingerprint density at radius 3 is 2.44 bits per heavy atom. The highest BCUT2D eigenvalue weighted by Gasteiger charge is 2.19. The lowest BCUT2D eigenvalue weighted by Gasteiger charge is -2.22. The van der Waals surface area contributed by atoms with E-state index >= 15 is 0 Å². The molecule has 16 heavy (non-hydrogen) atoms. The molecule has 0 amide bonds. The fourth-order valence-corrected chi connectivity index (χ4v) is 2.32. The number of halogens is 1. The standard InChI is InChI=1S/C13H22ClNO/c1-4-10(5-2)9-12(15-6-3)11-7-8-16-13(11)14/h7-8,10,12,15H,4-6,9H2,1-3H3. The normalized spacial score (nSPS) is 13.3. The summed E-state index contributed by atoms with van der Waals surface area (Å²) >= 11 is 6.03. The highest BCUT2D eigenvalue weighted by molar-refractivity contribution is 6.29. The maximum Gasteiger partial charge on any atom is 0.197 e. The van der Waals surface area contributed by atoms with Gasteiger partial charge < -0.3 is 9.73 Å². The van der Waals surface area contributed by atoms with Crippen LogP contribution in [0.4, 0.5) is 0 Å². The van der Waals surface area contributed by atoms with Gasteiger partial charge in [-0.05, 0) is 36.6 Å². The van der Waals surface area contributed by atoms with Crippen LogP contribution < -0.4 is 5.32 Å². The van der Waals surface area contributed by atoms with Crippen molar-refractivity contribution in [3.05, 3.63) is 23.1 Å². The molecule has 0 aliphatic heterocycles. The van der Waals surface area contributed by atoms with Crippen LogP contribution in [0.3, 0.4) is 0 Å². The van der Waals surface area contributed by atoms with Crippen molar-refractivity contribution in [2.45, 2.75) is 46.1 Å². The van der Waals surface area contributed by atoms with Crippen molar-refractivity contribution in [3.8, 4) is 0 Å². The average Bonchev–Trinajstić information content (AvgIpc) is 2.71. The van der Waals surface area contributed by atoms with E-state index in [0.29, 0.717) is 11.3 Å². The summed E-state index contributed by atoms with van der Waals surface area (Å²) < 4.78 is 5.17. The van der Waals surface area contributed by atoms with Crippen LogP contribution in [-0.2, 0) is 0 Å². The predicted octanol–water partition coefficient (Wildman–Crippen LogP) is 4.41. The highest BCUT2D eigenvalue weighted by Crippen LogP contribution is 2.30. The summed E-state index contributed by atoms with van der Waals surface area (Å²) in [5.41, 5.74) is 1.09. The van der Waals surface area contributed by atoms with E-state index in [9.17, 15) is 0 Å². The molecular weight excluding hydrogens is 222 g/mol. The van der Waals surface area contributed by atoms with Crippen molar-refractivity contribution < 1.29 is 4.42 Å². The van der Waals surface area contributed by atoms with Gasteiger partial charge in [0.15, 0.2) is 5.22 Å². The summed E-state index contributed by atoms with van der Waals surface area (Å²) in [5, 5.41) is 4.01. The fourth-order valence-electron chi connectivity index (χ4n) is 2.08. The molecule has 0 spiro atoms. The molecule has 1 atom stereocenters. The van der Waals surface area contributed by atoms with Crippen LogP contribution in [0.25, 0.3) is 0 Å². The smallest absolute Gasteiger partial charge is 0.197 e. The molecule has 0 fully saturated rings.